The van der Waals surface area contributed by atoms with Crippen molar-refractivity contribution < 1.29 is 4.42 Å². The Morgan fingerprint density at radius 1 is 0.304 bits per heavy atom. The quantitative estimate of drug-likeness (QED) is 0.199. The Bertz CT molecular complexity index is 2530. The van der Waals surface area contributed by atoms with Crippen LogP contribution in [-0.2, 0) is 0 Å². The fourth-order valence-corrected chi connectivity index (χ4v) is 6.67. The largest absolute Gasteiger partial charge is 0.456 e. The lowest BCUT2D eigenvalue weighted by molar-refractivity contribution is 0.669. The van der Waals surface area contributed by atoms with E-state index in [1.54, 1.807) is 0 Å². The SMILES string of the molecule is c1ccc(-c2ccc3cc(-c4ccc5cc(N(c6ccccc6)c6ccc7c(c6)oc6ccccc67)ccc5c4)ccc3c2)cc1. The maximum atomic E-state index is 6.27. The van der Waals surface area contributed by atoms with Crippen LogP contribution in [0.1, 0.15) is 0 Å². The van der Waals surface area contributed by atoms with Gasteiger partial charge in [0.1, 0.15) is 11.2 Å². The molecule has 1 heterocycles. The van der Waals surface area contributed by atoms with Crippen LogP contribution in [0, 0.1) is 0 Å². The van der Waals surface area contributed by atoms with E-state index in [1.807, 2.05) is 12.1 Å². The third-order valence-corrected chi connectivity index (χ3v) is 9.00. The number of para-hydroxylation sites is 2. The number of rotatable bonds is 5. The van der Waals surface area contributed by atoms with Gasteiger partial charge in [-0.15, -0.1) is 0 Å². The zero-order chi connectivity index (χ0) is 30.5. The molecule has 8 aromatic carbocycles. The van der Waals surface area contributed by atoms with Gasteiger partial charge in [0.15, 0.2) is 0 Å². The lowest BCUT2D eigenvalue weighted by Crippen LogP contribution is -2.09. The summed E-state index contributed by atoms with van der Waals surface area (Å²) in [6.45, 7) is 0. The van der Waals surface area contributed by atoms with Crippen LogP contribution in [0.25, 0.3) is 65.7 Å². The van der Waals surface area contributed by atoms with E-state index in [-0.39, 0.29) is 0 Å². The Balaban J connectivity index is 1.09. The molecule has 1 aromatic heterocycles. The molecule has 0 amide bonds. The average Bonchev–Trinajstić information content (AvgIpc) is 3.50. The molecule has 0 spiro atoms. The third kappa shape index (κ3) is 4.60. The van der Waals surface area contributed by atoms with Gasteiger partial charge in [0.05, 0.1) is 0 Å². The first-order valence-electron chi connectivity index (χ1n) is 15.7. The maximum absolute atomic E-state index is 6.27. The first-order valence-corrected chi connectivity index (χ1v) is 15.7. The summed E-state index contributed by atoms with van der Waals surface area (Å²) >= 11 is 0. The van der Waals surface area contributed by atoms with E-state index in [2.05, 4.69) is 169 Å². The Hall–Kier alpha value is -6.12. The molecule has 46 heavy (non-hydrogen) atoms. The van der Waals surface area contributed by atoms with Crippen LogP contribution in [0.4, 0.5) is 17.1 Å². The van der Waals surface area contributed by atoms with E-state index in [0.717, 1.165) is 39.0 Å². The van der Waals surface area contributed by atoms with Crippen molar-refractivity contribution >= 4 is 60.5 Å². The van der Waals surface area contributed by atoms with E-state index >= 15 is 0 Å². The van der Waals surface area contributed by atoms with Crippen LogP contribution in [-0.4, -0.2) is 0 Å². The summed E-state index contributed by atoms with van der Waals surface area (Å²) in [7, 11) is 0. The van der Waals surface area contributed by atoms with Gasteiger partial charge in [-0.2, -0.15) is 0 Å². The fourth-order valence-electron chi connectivity index (χ4n) is 6.67. The number of furan rings is 1. The Morgan fingerprint density at radius 2 is 0.804 bits per heavy atom. The topological polar surface area (TPSA) is 16.4 Å². The van der Waals surface area contributed by atoms with Crippen molar-refractivity contribution in [1.29, 1.82) is 0 Å². The second-order valence-corrected chi connectivity index (χ2v) is 11.8. The van der Waals surface area contributed by atoms with Crippen LogP contribution in [0.5, 0.6) is 0 Å². The van der Waals surface area contributed by atoms with Gasteiger partial charge in [0, 0.05) is 33.9 Å². The second-order valence-electron chi connectivity index (χ2n) is 11.8. The molecule has 0 bridgehead atoms. The molecule has 2 nitrogen and oxygen atoms in total. The molecule has 9 rings (SSSR count). The molecule has 216 valence electrons. The molecule has 0 N–H and O–H groups in total. The van der Waals surface area contributed by atoms with Gasteiger partial charge in [-0.05, 0) is 104 Å². The highest BCUT2D eigenvalue weighted by Crippen LogP contribution is 2.40. The minimum absolute atomic E-state index is 0.886. The fraction of sp³-hybridized carbons (Fsp3) is 0. The van der Waals surface area contributed by atoms with Crippen LogP contribution >= 0.6 is 0 Å². The molecule has 0 fully saturated rings. The highest BCUT2D eigenvalue weighted by molar-refractivity contribution is 6.06. The van der Waals surface area contributed by atoms with Gasteiger partial charge >= 0.3 is 0 Å². The van der Waals surface area contributed by atoms with Gasteiger partial charge in [0.25, 0.3) is 0 Å². The van der Waals surface area contributed by atoms with E-state index < -0.39 is 0 Å². The number of nitrogens with zero attached hydrogens (tertiary/aromatic N) is 1. The number of hydrogen-bond donors (Lipinski definition) is 0. The first kappa shape index (κ1) is 26.3. The minimum atomic E-state index is 0.886. The number of anilines is 3. The van der Waals surface area contributed by atoms with Crippen LogP contribution in [0.2, 0.25) is 0 Å². The zero-order valence-electron chi connectivity index (χ0n) is 25.1. The number of fused-ring (bicyclic) bond motifs is 5. The minimum Gasteiger partial charge on any atom is -0.456 e. The molecule has 9 aromatic rings. The van der Waals surface area contributed by atoms with Gasteiger partial charge in [0.2, 0.25) is 0 Å². The summed E-state index contributed by atoms with van der Waals surface area (Å²) in [5.41, 5.74) is 9.96. The highest BCUT2D eigenvalue weighted by atomic mass is 16.3. The van der Waals surface area contributed by atoms with Crippen molar-refractivity contribution in [2.45, 2.75) is 0 Å². The van der Waals surface area contributed by atoms with Crippen molar-refractivity contribution in [2.75, 3.05) is 4.90 Å². The molecule has 0 saturated carbocycles. The van der Waals surface area contributed by atoms with Gasteiger partial charge < -0.3 is 9.32 Å². The number of benzene rings is 8. The van der Waals surface area contributed by atoms with Crippen molar-refractivity contribution in [1.82, 2.24) is 0 Å². The lowest BCUT2D eigenvalue weighted by Gasteiger charge is -2.25. The van der Waals surface area contributed by atoms with Crippen molar-refractivity contribution in [2.24, 2.45) is 0 Å². The van der Waals surface area contributed by atoms with Crippen molar-refractivity contribution in [3.63, 3.8) is 0 Å². The van der Waals surface area contributed by atoms with Crippen molar-refractivity contribution in [3.8, 4) is 22.3 Å². The van der Waals surface area contributed by atoms with Crippen molar-refractivity contribution in [3.05, 3.63) is 176 Å². The Morgan fingerprint density at radius 3 is 1.50 bits per heavy atom. The van der Waals surface area contributed by atoms with Gasteiger partial charge in [-0.25, -0.2) is 0 Å². The maximum Gasteiger partial charge on any atom is 0.137 e. The predicted molar refractivity (Wildman–Crippen MR) is 194 cm³/mol. The normalized spacial score (nSPS) is 11.5. The summed E-state index contributed by atoms with van der Waals surface area (Å²) in [6, 6.07) is 62.8. The molecule has 0 aliphatic rings. The van der Waals surface area contributed by atoms with Gasteiger partial charge in [-0.1, -0.05) is 109 Å². The molecule has 0 aliphatic carbocycles. The van der Waals surface area contributed by atoms with Crippen LogP contribution in [0.3, 0.4) is 0 Å². The second kappa shape index (κ2) is 10.8. The van der Waals surface area contributed by atoms with Crippen LogP contribution in [0.15, 0.2) is 180 Å². The summed E-state index contributed by atoms with van der Waals surface area (Å²) in [5.74, 6) is 0. The zero-order valence-corrected chi connectivity index (χ0v) is 25.1. The molecular formula is C44H29NO. The molecule has 0 aliphatic heterocycles. The third-order valence-electron chi connectivity index (χ3n) is 9.00. The Kier molecular flexibility index (Phi) is 6.17. The summed E-state index contributed by atoms with van der Waals surface area (Å²) in [4.78, 5) is 2.30. The van der Waals surface area contributed by atoms with E-state index in [9.17, 15) is 0 Å². The van der Waals surface area contributed by atoms with Crippen LogP contribution < -0.4 is 4.90 Å². The van der Waals surface area contributed by atoms with E-state index in [4.69, 9.17) is 4.42 Å². The molecule has 0 atom stereocenters. The van der Waals surface area contributed by atoms with E-state index in [0.29, 0.717) is 0 Å². The molecule has 0 unspecified atom stereocenters. The Labute approximate surface area is 267 Å². The van der Waals surface area contributed by atoms with Gasteiger partial charge in [-0.3, -0.25) is 0 Å². The molecule has 2 heteroatoms. The molecular weight excluding hydrogens is 558 g/mol. The first-order chi connectivity index (χ1) is 22.8. The predicted octanol–water partition coefficient (Wildman–Crippen LogP) is 12.7. The highest BCUT2D eigenvalue weighted by Gasteiger charge is 2.16. The standard InChI is InChI=1S/C44H29NO/c1-3-9-30(10-4-1)31-15-16-33-26-34(18-17-32(33)25-31)35-19-20-37-28-39(22-21-36(37)27-35)45(38-11-5-2-6-12-38)40-23-24-42-41-13-7-8-14-43(41)46-44(42)29-40/h1-29H. The van der Waals surface area contributed by atoms with E-state index in [1.165, 1.54) is 43.8 Å². The molecule has 0 saturated heterocycles. The lowest BCUT2D eigenvalue weighted by atomic mass is 9.96. The average molecular weight is 588 g/mol. The number of hydrogen-bond acceptors (Lipinski definition) is 2. The summed E-state index contributed by atoms with van der Waals surface area (Å²) in [5, 5.41) is 7.16. The molecule has 0 radical (unpaired) electrons. The summed E-state index contributed by atoms with van der Waals surface area (Å²) < 4.78 is 6.27. The monoisotopic (exact) mass is 587 g/mol. The summed E-state index contributed by atoms with van der Waals surface area (Å²) in [6.07, 6.45) is 0. The smallest absolute Gasteiger partial charge is 0.137 e.